The molecule has 2 aromatic rings. The molecule has 0 radical (unpaired) electrons. The van der Waals surface area contributed by atoms with E-state index in [1.165, 1.54) is 20.2 Å². The van der Waals surface area contributed by atoms with Crippen LogP contribution < -0.4 is 16.4 Å². The quantitative estimate of drug-likeness (QED) is 0.780. The predicted molar refractivity (Wildman–Crippen MR) is 79.6 cm³/mol. The summed E-state index contributed by atoms with van der Waals surface area (Å²) in [6.07, 6.45) is 1.50. The zero-order chi connectivity index (χ0) is 15.4. The Kier molecular flexibility index (Phi) is 4.13. The first-order chi connectivity index (χ1) is 10.0. The fraction of sp³-hybridized carbons (Fsp3) is 0.143. The van der Waals surface area contributed by atoms with Gasteiger partial charge in [-0.05, 0) is 12.1 Å². The average Bonchev–Trinajstić information content (AvgIpc) is 2.47. The summed E-state index contributed by atoms with van der Waals surface area (Å²) in [5.41, 5.74) is 7.70. The van der Waals surface area contributed by atoms with Crippen molar-refractivity contribution in [2.45, 2.75) is 6.92 Å². The Morgan fingerprint density at radius 3 is 2.43 bits per heavy atom. The molecule has 2 amide bonds. The third-order valence-corrected chi connectivity index (χ3v) is 2.74. The van der Waals surface area contributed by atoms with Crippen LogP contribution in [0.25, 0.3) is 11.3 Å². The molecule has 0 saturated carbocycles. The van der Waals surface area contributed by atoms with Crippen molar-refractivity contribution in [1.29, 1.82) is 0 Å². The van der Waals surface area contributed by atoms with Crippen LogP contribution in [0.5, 0.6) is 0 Å². The fourth-order valence-corrected chi connectivity index (χ4v) is 1.75. The number of nitrogens with two attached hydrogens (primary N) is 1. The molecule has 7 nitrogen and oxygen atoms in total. The van der Waals surface area contributed by atoms with Crippen molar-refractivity contribution in [1.82, 2.24) is 15.3 Å². The van der Waals surface area contributed by atoms with Gasteiger partial charge < -0.3 is 16.4 Å². The van der Waals surface area contributed by atoms with Gasteiger partial charge in [-0.1, -0.05) is 12.1 Å². The Labute approximate surface area is 121 Å². The molecule has 108 valence electrons. The standard InChI is InChI=1S/C14H15N5O2/c1-8(20)18-10-5-3-9(4-6-10)11-7-17-13(15)12(19-11)14(21)16-2/h3-7H,1-2H3,(H2,15,17)(H,16,21)(H,18,20). The lowest BCUT2D eigenvalue weighted by Crippen LogP contribution is -2.21. The van der Waals surface area contributed by atoms with Crippen LogP contribution in [-0.4, -0.2) is 28.8 Å². The van der Waals surface area contributed by atoms with Gasteiger partial charge in [-0.2, -0.15) is 0 Å². The highest BCUT2D eigenvalue weighted by Crippen LogP contribution is 2.20. The van der Waals surface area contributed by atoms with Crippen molar-refractivity contribution in [2.24, 2.45) is 0 Å². The van der Waals surface area contributed by atoms with E-state index in [9.17, 15) is 9.59 Å². The molecule has 0 aliphatic rings. The molecule has 1 heterocycles. The van der Waals surface area contributed by atoms with Crippen molar-refractivity contribution in [3.05, 3.63) is 36.2 Å². The van der Waals surface area contributed by atoms with Gasteiger partial charge in [-0.15, -0.1) is 0 Å². The Balaban J connectivity index is 2.33. The molecule has 0 aliphatic carbocycles. The van der Waals surface area contributed by atoms with Gasteiger partial charge in [0, 0.05) is 25.2 Å². The van der Waals surface area contributed by atoms with E-state index in [0.29, 0.717) is 11.4 Å². The number of hydrogen-bond donors (Lipinski definition) is 3. The number of amides is 2. The Bertz CT molecular complexity index is 682. The highest BCUT2D eigenvalue weighted by atomic mass is 16.2. The molecule has 0 aliphatic heterocycles. The Morgan fingerprint density at radius 2 is 1.86 bits per heavy atom. The summed E-state index contributed by atoms with van der Waals surface area (Å²) in [4.78, 5) is 30.8. The number of rotatable bonds is 3. The summed E-state index contributed by atoms with van der Waals surface area (Å²) in [5.74, 6) is -0.457. The zero-order valence-corrected chi connectivity index (χ0v) is 11.7. The third kappa shape index (κ3) is 3.33. The summed E-state index contributed by atoms with van der Waals surface area (Å²) in [7, 11) is 1.50. The van der Waals surface area contributed by atoms with Crippen molar-refractivity contribution < 1.29 is 9.59 Å². The van der Waals surface area contributed by atoms with E-state index in [4.69, 9.17) is 5.73 Å². The molecule has 21 heavy (non-hydrogen) atoms. The first kappa shape index (κ1) is 14.4. The zero-order valence-electron chi connectivity index (χ0n) is 11.7. The maximum atomic E-state index is 11.7. The van der Waals surface area contributed by atoms with Crippen LogP contribution in [0.4, 0.5) is 11.5 Å². The Hall–Kier alpha value is -2.96. The summed E-state index contributed by atoms with van der Waals surface area (Å²) < 4.78 is 0. The van der Waals surface area contributed by atoms with E-state index in [0.717, 1.165) is 5.56 Å². The summed E-state index contributed by atoms with van der Waals surface area (Å²) in [6, 6.07) is 7.04. The number of nitrogens with zero attached hydrogens (tertiary/aromatic N) is 2. The highest BCUT2D eigenvalue weighted by molar-refractivity contribution is 5.96. The SMILES string of the molecule is CNC(=O)c1nc(-c2ccc(NC(C)=O)cc2)cnc1N. The normalized spacial score (nSPS) is 10.0. The van der Waals surface area contributed by atoms with Crippen LogP contribution in [0, 0.1) is 0 Å². The van der Waals surface area contributed by atoms with E-state index in [1.54, 1.807) is 24.3 Å². The number of benzene rings is 1. The van der Waals surface area contributed by atoms with Crippen LogP contribution in [0.2, 0.25) is 0 Å². The molecule has 2 rings (SSSR count). The van der Waals surface area contributed by atoms with Gasteiger partial charge in [0.1, 0.15) is 0 Å². The number of carbonyl (C=O) groups excluding carboxylic acids is 2. The minimum absolute atomic E-state index is 0.0768. The summed E-state index contributed by atoms with van der Waals surface area (Å²) in [5, 5.41) is 5.13. The first-order valence-electron chi connectivity index (χ1n) is 6.24. The molecule has 0 spiro atoms. The van der Waals surface area contributed by atoms with Crippen LogP contribution in [0.3, 0.4) is 0 Å². The Morgan fingerprint density at radius 1 is 1.19 bits per heavy atom. The van der Waals surface area contributed by atoms with E-state index in [1.807, 2.05) is 0 Å². The monoisotopic (exact) mass is 285 g/mol. The van der Waals surface area contributed by atoms with Crippen molar-refractivity contribution in [3.63, 3.8) is 0 Å². The minimum Gasteiger partial charge on any atom is -0.382 e. The topological polar surface area (TPSA) is 110 Å². The van der Waals surface area contributed by atoms with Crippen molar-refractivity contribution in [3.8, 4) is 11.3 Å². The van der Waals surface area contributed by atoms with Gasteiger partial charge in [0.25, 0.3) is 5.91 Å². The van der Waals surface area contributed by atoms with Crippen molar-refractivity contribution >= 4 is 23.3 Å². The predicted octanol–water partition coefficient (Wildman–Crippen LogP) is 1.04. The average molecular weight is 285 g/mol. The van der Waals surface area contributed by atoms with Gasteiger partial charge in [-0.3, -0.25) is 9.59 Å². The second kappa shape index (κ2) is 6.00. The van der Waals surface area contributed by atoms with E-state index in [2.05, 4.69) is 20.6 Å². The third-order valence-electron chi connectivity index (χ3n) is 2.74. The lowest BCUT2D eigenvalue weighted by Gasteiger charge is -2.07. The molecule has 0 atom stereocenters. The number of anilines is 2. The minimum atomic E-state index is -0.392. The molecule has 1 aromatic carbocycles. The van der Waals surface area contributed by atoms with Crippen molar-refractivity contribution in [2.75, 3.05) is 18.1 Å². The number of nitrogens with one attached hydrogen (secondary N) is 2. The molecular formula is C14H15N5O2. The molecule has 4 N–H and O–H groups in total. The molecule has 7 heteroatoms. The highest BCUT2D eigenvalue weighted by Gasteiger charge is 2.13. The molecule has 1 aromatic heterocycles. The number of nitrogen functional groups attached to an aromatic ring is 1. The lowest BCUT2D eigenvalue weighted by molar-refractivity contribution is -0.114. The lowest BCUT2D eigenvalue weighted by atomic mass is 10.1. The van der Waals surface area contributed by atoms with Gasteiger partial charge in [-0.25, -0.2) is 9.97 Å². The number of aromatic nitrogens is 2. The van der Waals surface area contributed by atoms with Gasteiger partial charge in [0.2, 0.25) is 5.91 Å². The largest absolute Gasteiger partial charge is 0.382 e. The second-order valence-electron chi connectivity index (χ2n) is 4.33. The molecule has 0 saturated heterocycles. The molecule has 0 bridgehead atoms. The van der Waals surface area contributed by atoms with E-state index >= 15 is 0 Å². The number of carbonyl (C=O) groups is 2. The maximum Gasteiger partial charge on any atom is 0.273 e. The second-order valence-corrected chi connectivity index (χ2v) is 4.33. The first-order valence-corrected chi connectivity index (χ1v) is 6.24. The summed E-state index contributed by atoms with van der Waals surface area (Å²) in [6.45, 7) is 1.44. The van der Waals surface area contributed by atoms with Crippen LogP contribution in [-0.2, 0) is 4.79 Å². The molecule has 0 unspecified atom stereocenters. The van der Waals surface area contributed by atoms with Crippen LogP contribution >= 0.6 is 0 Å². The summed E-state index contributed by atoms with van der Waals surface area (Å²) >= 11 is 0. The molecule has 0 fully saturated rings. The van der Waals surface area contributed by atoms with Crippen LogP contribution in [0.1, 0.15) is 17.4 Å². The van der Waals surface area contributed by atoms with Gasteiger partial charge in [0.05, 0.1) is 11.9 Å². The van der Waals surface area contributed by atoms with Gasteiger partial charge >= 0.3 is 0 Å². The fourth-order valence-electron chi connectivity index (χ4n) is 1.75. The van der Waals surface area contributed by atoms with E-state index < -0.39 is 5.91 Å². The molecular weight excluding hydrogens is 270 g/mol. The smallest absolute Gasteiger partial charge is 0.273 e. The number of hydrogen-bond acceptors (Lipinski definition) is 5. The van der Waals surface area contributed by atoms with Crippen LogP contribution in [0.15, 0.2) is 30.5 Å². The maximum absolute atomic E-state index is 11.7. The van der Waals surface area contributed by atoms with Gasteiger partial charge in [0.15, 0.2) is 11.5 Å². The van der Waals surface area contributed by atoms with E-state index in [-0.39, 0.29) is 17.4 Å².